The second kappa shape index (κ2) is 6.91. The molecule has 2 heteroatoms. The monoisotopic (exact) mass is 500 g/mol. The summed E-state index contributed by atoms with van der Waals surface area (Å²) < 4.78 is 0. The van der Waals surface area contributed by atoms with E-state index in [4.69, 9.17) is 0 Å². The van der Waals surface area contributed by atoms with Gasteiger partial charge >= 0.3 is 5.97 Å². The Morgan fingerprint density at radius 2 is 1.32 bits per heavy atom. The minimum absolute atomic E-state index is 0.0519. The summed E-state index contributed by atoms with van der Waals surface area (Å²) in [4.78, 5) is 12.8. The Morgan fingerprint density at radius 3 is 1.95 bits per heavy atom. The van der Waals surface area contributed by atoms with Gasteiger partial charge < -0.3 is 5.11 Å². The van der Waals surface area contributed by atoms with Gasteiger partial charge in [0.1, 0.15) is 0 Å². The Bertz CT molecular complexity index is 1030. The van der Waals surface area contributed by atoms with E-state index in [-0.39, 0.29) is 5.92 Å². The number of hydrogen-bond donors (Lipinski definition) is 1. The Labute approximate surface area is 223 Å². The zero-order valence-electron chi connectivity index (χ0n) is 22.9. The van der Waals surface area contributed by atoms with Crippen molar-refractivity contribution in [1.29, 1.82) is 0 Å². The van der Waals surface area contributed by atoms with Crippen LogP contribution >= 0.6 is 0 Å². The summed E-state index contributed by atoms with van der Waals surface area (Å²) in [5, 5.41) is 10.6. The van der Waals surface area contributed by atoms with Crippen LogP contribution in [0, 0.1) is 106 Å². The molecule has 0 aromatic rings. The summed E-state index contributed by atoms with van der Waals surface area (Å²) in [6.07, 6.45) is 24.1. The second-order valence-corrected chi connectivity index (χ2v) is 17.0. The zero-order valence-corrected chi connectivity index (χ0v) is 22.9. The van der Waals surface area contributed by atoms with E-state index in [0.717, 1.165) is 77.4 Å². The van der Waals surface area contributed by atoms with E-state index in [2.05, 4.69) is 19.1 Å². The lowest BCUT2D eigenvalue weighted by Crippen LogP contribution is -2.58. The van der Waals surface area contributed by atoms with E-state index in [9.17, 15) is 9.90 Å². The van der Waals surface area contributed by atoms with E-state index in [0.29, 0.717) is 28.6 Å². The van der Waals surface area contributed by atoms with Crippen LogP contribution in [0.3, 0.4) is 0 Å². The number of hydrogen-bond acceptors (Lipinski definition) is 1. The molecule has 8 bridgehead atoms. The van der Waals surface area contributed by atoms with Gasteiger partial charge in [0, 0.05) is 0 Å². The van der Waals surface area contributed by atoms with Gasteiger partial charge in [-0.2, -0.15) is 0 Å². The average molecular weight is 501 g/mol. The highest BCUT2D eigenvalue weighted by atomic mass is 16.4. The van der Waals surface area contributed by atoms with Crippen molar-refractivity contribution in [3.63, 3.8) is 0 Å². The van der Waals surface area contributed by atoms with Crippen molar-refractivity contribution in [3.8, 4) is 0 Å². The van der Waals surface area contributed by atoms with Crippen LogP contribution in [0.1, 0.15) is 90.4 Å². The van der Waals surface area contributed by atoms with Gasteiger partial charge in [0.05, 0.1) is 5.92 Å². The smallest absolute Gasteiger partial charge is 0.306 e. The molecule has 10 aliphatic carbocycles. The van der Waals surface area contributed by atoms with Gasteiger partial charge in [0.2, 0.25) is 0 Å². The fourth-order valence-corrected chi connectivity index (χ4v) is 16.7. The van der Waals surface area contributed by atoms with Crippen molar-refractivity contribution in [3.05, 3.63) is 12.2 Å². The summed E-state index contributed by atoms with van der Waals surface area (Å²) in [6, 6.07) is 0. The normalized spacial score (nSPS) is 64.5. The quantitative estimate of drug-likeness (QED) is 0.317. The first-order chi connectivity index (χ1) is 18.0. The third-order valence-electron chi connectivity index (χ3n) is 17.1. The third kappa shape index (κ3) is 2.33. The fourth-order valence-electron chi connectivity index (χ4n) is 16.7. The molecule has 0 aliphatic heterocycles. The number of rotatable bonds is 4. The molecule has 37 heavy (non-hydrogen) atoms. The Morgan fingerprint density at radius 1 is 0.730 bits per heavy atom. The molecule has 0 aromatic heterocycles. The Hall–Kier alpha value is -0.790. The van der Waals surface area contributed by atoms with Gasteiger partial charge in [-0.3, -0.25) is 4.79 Å². The fraction of sp³-hybridized carbons (Fsp3) is 0.914. The van der Waals surface area contributed by atoms with Crippen LogP contribution in [0.25, 0.3) is 0 Å². The number of fused-ring (bicyclic) bond motifs is 19. The SMILES string of the molecule is CC(C1CC2CC1C1CCCC21)(C1CC2CC1C1CCCC21)C12CC(C(=O)O)C(C1)C1C3C=CC(C3)C12. The van der Waals surface area contributed by atoms with Crippen LogP contribution in [0.15, 0.2) is 12.2 Å². The summed E-state index contributed by atoms with van der Waals surface area (Å²) in [7, 11) is 0. The predicted octanol–water partition coefficient (Wildman–Crippen LogP) is 7.69. The molecule has 1 N–H and O–H groups in total. The molecule has 0 heterocycles. The molecule has 0 amide bonds. The van der Waals surface area contributed by atoms with Crippen LogP contribution in [0.2, 0.25) is 0 Å². The molecular weight excluding hydrogens is 452 g/mol. The number of aliphatic carboxylic acids is 1. The molecule has 2 nitrogen and oxygen atoms in total. The van der Waals surface area contributed by atoms with Gasteiger partial charge in [-0.1, -0.05) is 31.9 Å². The molecule has 0 spiro atoms. The molecule has 10 rings (SSSR count). The molecule has 17 atom stereocenters. The van der Waals surface area contributed by atoms with Crippen molar-refractivity contribution in [2.24, 2.45) is 106 Å². The number of carboxylic acid groups (broad SMARTS) is 1. The van der Waals surface area contributed by atoms with Crippen molar-refractivity contribution in [1.82, 2.24) is 0 Å². The largest absolute Gasteiger partial charge is 0.481 e. The molecule has 17 unspecified atom stereocenters. The number of carboxylic acids is 1. The van der Waals surface area contributed by atoms with E-state index in [1.807, 2.05) is 0 Å². The molecule has 9 fully saturated rings. The highest BCUT2D eigenvalue weighted by Crippen LogP contribution is 2.83. The van der Waals surface area contributed by atoms with Crippen LogP contribution in [0.4, 0.5) is 0 Å². The van der Waals surface area contributed by atoms with Crippen LogP contribution in [-0.4, -0.2) is 11.1 Å². The maximum absolute atomic E-state index is 12.8. The van der Waals surface area contributed by atoms with Crippen molar-refractivity contribution < 1.29 is 9.90 Å². The first-order valence-electron chi connectivity index (χ1n) is 16.9. The van der Waals surface area contributed by atoms with Crippen LogP contribution in [0.5, 0.6) is 0 Å². The summed E-state index contributed by atoms with van der Waals surface area (Å²) >= 11 is 0. The van der Waals surface area contributed by atoms with E-state index < -0.39 is 5.97 Å². The lowest BCUT2D eigenvalue weighted by atomic mass is 9.42. The van der Waals surface area contributed by atoms with Gasteiger partial charge in [-0.25, -0.2) is 0 Å². The Balaban J connectivity index is 1.14. The van der Waals surface area contributed by atoms with Crippen molar-refractivity contribution in [2.45, 2.75) is 90.4 Å². The van der Waals surface area contributed by atoms with E-state index in [1.54, 1.807) is 12.8 Å². The summed E-state index contributed by atoms with van der Waals surface area (Å²) in [6.45, 7) is 2.89. The van der Waals surface area contributed by atoms with Crippen molar-refractivity contribution in [2.75, 3.05) is 0 Å². The molecule has 9 saturated carbocycles. The molecule has 200 valence electrons. The minimum atomic E-state index is -0.438. The third-order valence-corrected chi connectivity index (χ3v) is 17.1. The molecule has 0 saturated heterocycles. The van der Waals surface area contributed by atoms with E-state index >= 15 is 0 Å². The first kappa shape index (κ1) is 22.0. The van der Waals surface area contributed by atoms with Gasteiger partial charge in [0.25, 0.3) is 0 Å². The molecule has 10 aliphatic rings. The lowest BCUT2D eigenvalue weighted by molar-refractivity contribution is -0.160. The predicted molar refractivity (Wildman–Crippen MR) is 143 cm³/mol. The lowest BCUT2D eigenvalue weighted by Gasteiger charge is -2.62. The molecule has 0 aromatic carbocycles. The van der Waals surface area contributed by atoms with Crippen LogP contribution in [-0.2, 0) is 4.79 Å². The maximum atomic E-state index is 12.8. The zero-order chi connectivity index (χ0) is 24.4. The highest BCUT2D eigenvalue weighted by molar-refractivity contribution is 5.71. The summed E-state index contributed by atoms with van der Waals surface area (Å²) in [5.74, 6) is 12.9. The topological polar surface area (TPSA) is 37.3 Å². The Kier molecular flexibility index (Phi) is 4.10. The minimum Gasteiger partial charge on any atom is -0.481 e. The second-order valence-electron chi connectivity index (χ2n) is 17.0. The van der Waals surface area contributed by atoms with Crippen LogP contribution < -0.4 is 0 Å². The average Bonchev–Trinajstić information content (AvgIpc) is 3.77. The van der Waals surface area contributed by atoms with E-state index in [1.165, 1.54) is 64.2 Å². The molecule has 0 radical (unpaired) electrons. The van der Waals surface area contributed by atoms with Gasteiger partial charge in [0.15, 0.2) is 0 Å². The highest BCUT2D eigenvalue weighted by Gasteiger charge is 2.78. The van der Waals surface area contributed by atoms with Crippen molar-refractivity contribution >= 4 is 5.97 Å². The summed E-state index contributed by atoms with van der Waals surface area (Å²) in [5.41, 5.74) is 0.690. The number of carbonyl (C=O) groups is 1. The first-order valence-corrected chi connectivity index (χ1v) is 16.9. The number of allylic oxidation sites excluding steroid dienone is 2. The van der Waals surface area contributed by atoms with Gasteiger partial charge in [-0.05, 0) is 170 Å². The standard InChI is InChI=1S/C35H48O2/c1-34(29-13-19-11-25(29)23-6-2-4-21(19)23,30-14-20-12-26(30)24-7-3-5-22(20)24)35-15-27(28(16-35)33(36)37)31-17-8-9-18(10-17)32(31)35/h8-9,17-32H,2-7,10-16H2,1H3,(H,36,37). The molecular formula is C35H48O2. The van der Waals surface area contributed by atoms with Gasteiger partial charge in [-0.15, -0.1) is 0 Å². The maximum Gasteiger partial charge on any atom is 0.306 e.